The van der Waals surface area contributed by atoms with E-state index in [1.807, 2.05) is 55.8 Å². The highest BCUT2D eigenvalue weighted by Crippen LogP contribution is 2.41. The van der Waals surface area contributed by atoms with Crippen LogP contribution in [0, 0.1) is 11.8 Å². The zero-order valence-corrected chi connectivity index (χ0v) is 22.9. The van der Waals surface area contributed by atoms with E-state index < -0.39 is 11.2 Å². The van der Waals surface area contributed by atoms with Gasteiger partial charge in [0.1, 0.15) is 11.0 Å². The molecule has 2 aliphatic carbocycles. The Morgan fingerprint density at radius 1 is 1.11 bits per heavy atom. The molecule has 2 aromatic heterocycles. The summed E-state index contributed by atoms with van der Waals surface area (Å²) in [4.78, 5) is 28.1. The van der Waals surface area contributed by atoms with Crippen molar-refractivity contribution in [3.05, 3.63) is 52.4 Å². The number of aliphatic hydroxyl groups is 1. The molecular formula is C30H40N4O4. The summed E-state index contributed by atoms with van der Waals surface area (Å²) >= 11 is 0. The van der Waals surface area contributed by atoms with Gasteiger partial charge in [-0.2, -0.15) is 5.10 Å². The summed E-state index contributed by atoms with van der Waals surface area (Å²) in [7, 11) is 0. The average Bonchev–Trinajstić information content (AvgIpc) is 3.23. The number of hydrogen-bond donors (Lipinski definition) is 3. The zero-order chi connectivity index (χ0) is 27.1. The van der Waals surface area contributed by atoms with Crippen molar-refractivity contribution in [1.82, 2.24) is 14.8 Å². The van der Waals surface area contributed by atoms with Gasteiger partial charge in [-0.1, -0.05) is 31.9 Å². The van der Waals surface area contributed by atoms with E-state index >= 15 is 0 Å². The maximum atomic E-state index is 12.8. The number of aromatic nitrogens is 3. The van der Waals surface area contributed by atoms with E-state index in [1.165, 1.54) is 19.3 Å². The van der Waals surface area contributed by atoms with Gasteiger partial charge in [-0.15, -0.1) is 0 Å². The molecule has 204 valence electrons. The lowest BCUT2D eigenvalue weighted by molar-refractivity contribution is -0.163. The Hall–Kier alpha value is -3.13. The lowest BCUT2D eigenvalue weighted by atomic mass is 9.75. The van der Waals surface area contributed by atoms with Crippen molar-refractivity contribution in [1.29, 1.82) is 0 Å². The van der Waals surface area contributed by atoms with Gasteiger partial charge in [0, 0.05) is 11.9 Å². The number of ether oxygens (including phenoxy) is 1. The van der Waals surface area contributed by atoms with Crippen LogP contribution >= 0.6 is 0 Å². The third-order valence-electron chi connectivity index (χ3n) is 8.25. The van der Waals surface area contributed by atoms with E-state index in [2.05, 4.69) is 17.2 Å². The van der Waals surface area contributed by atoms with E-state index in [9.17, 15) is 14.7 Å². The summed E-state index contributed by atoms with van der Waals surface area (Å²) in [5.41, 5.74) is 0.838. The number of fused-ring (bicyclic) bond motifs is 1. The number of hydrogen-bond acceptors (Lipinski definition) is 6. The van der Waals surface area contributed by atoms with Crippen LogP contribution in [0.1, 0.15) is 90.7 Å². The van der Waals surface area contributed by atoms with Crippen molar-refractivity contribution >= 4 is 28.4 Å². The number of anilines is 2. The van der Waals surface area contributed by atoms with Crippen LogP contribution in [0.15, 0.2) is 41.3 Å². The van der Waals surface area contributed by atoms with Crippen molar-refractivity contribution in [3.8, 4) is 0 Å². The van der Waals surface area contributed by atoms with Gasteiger partial charge in [-0.05, 0) is 89.0 Å². The first-order valence-electron chi connectivity index (χ1n) is 14.0. The Bertz CT molecular complexity index is 1340. The second kappa shape index (κ2) is 10.2. The summed E-state index contributed by atoms with van der Waals surface area (Å²) in [5, 5.41) is 20.2. The Labute approximate surface area is 223 Å². The van der Waals surface area contributed by atoms with Crippen LogP contribution in [0.4, 0.5) is 11.5 Å². The van der Waals surface area contributed by atoms with Gasteiger partial charge < -0.3 is 20.1 Å². The highest BCUT2D eigenvalue weighted by molar-refractivity contribution is 5.91. The maximum absolute atomic E-state index is 12.8. The number of carbonyl (C=O) groups is 1. The Balaban J connectivity index is 1.32. The first-order valence-corrected chi connectivity index (χ1v) is 14.0. The molecule has 0 amide bonds. The van der Waals surface area contributed by atoms with Crippen LogP contribution in [0.5, 0.6) is 0 Å². The standard InChI is InChI=1S/C30H40N4O4/c1-19-7-5-6-8-23(19)34-24-15-18-31-27(35)25(24)26(33-34)32-22-11-9-21(10-12-22)30(37)16-13-20(14-17-30)28(36)38-29(2,3)4/h9-12,15,18-20,23,37H,5-8,13-14,16-17H2,1-4H3,(H,31,35)(H,32,33)/t19-,20-,23-,30-/m0/s1. The molecule has 0 spiro atoms. The van der Waals surface area contributed by atoms with Crippen molar-refractivity contribution in [2.45, 2.75) is 96.3 Å². The van der Waals surface area contributed by atoms with E-state index in [4.69, 9.17) is 9.84 Å². The number of carbonyl (C=O) groups excluding carboxylic acids is 1. The molecule has 2 saturated carbocycles. The summed E-state index contributed by atoms with van der Waals surface area (Å²) in [6.45, 7) is 7.89. The molecule has 2 heterocycles. The molecule has 2 fully saturated rings. The van der Waals surface area contributed by atoms with Crippen LogP contribution < -0.4 is 10.9 Å². The monoisotopic (exact) mass is 520 g/mol. The molecule has 38 heavy (non-hydrogen) atoms. The number of benzene rings is 1. The molecule has 3 aromatic rings. The molecule has 0 radical (unpaired) electrons. The number of H-pyrrole nitrogens is 1. The quantitative estimate of drug-likeness (QED) is 0.359. The minimum atomic E-state index is -0.973. The van der Waals surface area contributed by atoms with Gasteiger partial charge >= 0.3 is 5.97 Å². The SMILES string of the molecule is C[C@H]1CCCC[C@@H]1n1nc(Nc2ccc([C@]3(O)CC[C@H](C(=O)OC(C)(C)C)CC3)cc2)c2c(=O)[nH]ccc21. The van der Waals surface area contributed by atoms with Crippen LogP contribution in [-0.4, -0.2) is 31.4 Å². The minimum Gasteiger partial charge on any atom is -0.460 e. The second-order valence-corrected chi connectivity index (χ2v) is 12.2. The van der Waals surface area contributed by atoms with Crippen LogP contribution in [-0.2, 0) is 15.1 Å². The number of esters is 1. The molecule has 1 aromatic carbocycles. The van der Waals surface area contributed by atoms with Crippen molar-refractivity contribution in [2.75, 3.05) is 5.32 Å². The second-order valence-electron chi connectivity index (χ2n) is 12.2. The summed E-state index contributed by atoms with van der Waals surface area (Å²) in [6.07, 6.45) is 8.53. The number of nitrogens with zero attached hydrogens (tertiary/aromatic N) is 2. The van der Waals surface area contributed by atoms with Gasteiger partial charge in [0.05, 0.1) is 23.1 Å². The predicted octanol–water partition coefficient (Wildman–Crippen LogP) is 5.94. The van der Waals surface area contributed by atoms with Gasteiger partial charge in [0.2, 0.25) is 0 Å². The van der Waals surface area contributed by atoms with Crippen molar-refractivity contribution in [3.63, 3.8) is 0 Å². The number of rotatable bonds is 5. The number of aromatic amines is 1. The lowest BCUT2D eigenvalue weighted by Gasteiger charge is -2.36. The predicted molar refractivity (Wildman–Crippen MR) is 148 cm³/mol. The fourth-order valence-corrected chi connectivity index (χ4v) is 6.11. The minimum absolute atomic E-state index is 0.160. The van der Waals surface area contributed by atoms with E-state index in [1.54, 1.807) is 6.20 Å². The van der Waals surface area contributed by atoms with Crippen LogP contribution in [0.3, 0.4) is 0 Å². The van der Waals surface area contributed by atoms with Crippen LogP contribution in [0.2, 0.25) is 0 Å². The van der Waals surface area contributed by atoms with E-state index in [0.29, 0.717) is 42.8 Å². The van der Waals surface area contributed by atoms with Gasteiger partial charge in [-0.3, -0.25) is 14.3 Å². The lowest BCUT2D eigenvalue weighted by Crippen LogP contribution is -2.36. The number of nitrogens with one attached hydrogen (secondary N) is 2. The Morgan fingerprint density at radius 3 is 2.45 bits per heavy atom. The Morgan fingerprint density at radius 2 is 1.79 bits per heavy atom. The van der Waals surface area contributed by atoms with E-state index in [0.717, 1.165) is 23.2 Å². The molecule has 0 unspecified atom stereocenters. The van der Waals surface area contributed by atoms with Crippen molar-refractivity contribution < 1.29 is 14.6 Å². The fraction of sp³-hybridized carbons (Fsp3) is 0.567. The summed E-state index contributed by atoms with van der Waals surface area (Å²) in [6, 6.07) is 9.88. The largest absolute Gasteiger partial charge is 0.460 e. The van der Waals surface area contributed by atoms with Gasteiger partial charge in [0.15, 0.2) is 5.82 Å². The fourth-order valence-electron chi connectivity index (χ4n) is 6.11. The molecule has 0 bridgehead atoms. The number of pyridine rings is 1. The molecule has 2 aliphatic rings. The zero-order valence-electron chi connectivity index (χ0n) is 22.9. The summed E-state index contributed by atoms with van der Waals surface area (Å²) < 4.78 is 7.59. The topological polar surface area (TPSA) is 109 Å². The van der Waals surface area contributed by atoms with E-state index in [-0.39, 0.29) is 23.5 Å². The molecule has 2 atom stereocenters. The van der Waals surface area contributed by atoms with Gasteiger partial charge in [-0.25, -0.2) is 0 Å². The smallest absolute Gasteiger partial charge is 0.309 e. The average molecular weight is 521 g/mol. The highest BCUT2D eigenvalue weighted by Gasteiger charge is 2.38. The highest BCUT2D eigenvalue weighted by atomic mass is 16.6. The molecule has 0 aliphatic heterocycles. The van der Waals surface area contributed by atoms with Crippen molar-refractivity contribution in [2.24, 2.45) is 11.8 Å². The van der Waals surface area contributed by atoms with Crippen LogP contribution in [0.25, 0.3) is 10.9 Å². The third-order valence-corrected chi connectivity index (χ3v) is 8.25. The third kappa shape index (κ3) is 5.37. The molecule has 8 nitrogen and oxygen atoms in total. The Kier molecular flexibility index (Phi) is 7.11. The van der Waals surface area contributed by atoms with Gasteiger partial charge in [0.25, 0.3) is 5.56 Å². The molecular weight excluding hydrogens is 480 g/mol. The molecule has 0 saturated heterocycles. The molecule has 3 N–H and O–H groups in total. The first-order chi connectivity index (χ1) is 18.0. The molecule has 8 heteroatoms. The summed E-state index contributed by atoms with van der Waals surface area (Å²) in [5.74, 6) is 0.695. The first kappa shape index (κ1) is 26.5. The maximum Gasteiger partial charge on any atom is 0.309 e. The normalized spacial score (nSPS) is 26.3. The molecule has 5 rings (SSSR count).